The van der Waals surface area contributed by atoms with Crippen LogP contribution in [0.25, 0.3) is 34.3 Å². The molecule has 0 saturated heterocycles. The second-order valence-electron chi connectivity index (χ2n) is 5.50. The minimum absolute atomic E-state index is 0.247. The molecule has 0 fully saturated rings. The van der Waals surface area contributed by atoms with Crippen molar-refractivity contribution in [3.8, 4) is 16.9 Å². The molecule has 1 aromatic carbocycles. The molecule has 116 valence electrons. The predicted molar refractivity (Wildman–Crippen MR) is 96.4 cm³/mol. The zero-order valence-corrected chi connectivity index (χ0v) is 12.8. The quantitative estimate of drug-likeness (QED) is 0.585. The molecule has 0 saturated carbocycles. The zero-order valence-electron chi connectivity index (χ0n) is 12.8. The van der Waals surface area contributed by atoms with Crippen LogP contribution in [0.4, 0.5) is 0 Å². The molecule has 2 N–H and O–H groups in total. The molecule has 0 amide bonds. The van der Waals surface area contributed by atoms with Crippen LogP contribution in [-0.2, 0) is 0 Å². The Morgan fingerprint density at radius 2 is 1.88 bits per heavy atom. The van der Waals surface area contributed by atoms with Crippen molar-refractivity contribution in [1.29, 1.82) is 0 Å². The summed E-state index contributed by atoms with van der Waals surface area (Å²) in [5.41, 5.74) is 4.68. The van der Waals surface area contributed by atoms with E-state index in [-0.39, 0.29) is 5.75 Å². The van der Waals surface area contributed by atoms with Gasteiger partial charge in [0.25, 0.3) is 0 Å². The lowest BCUT2D eigenvalue weighted by Gasteiger charge is -2.02. The highest BCUT2D eigenvalue weighted by Crippen LogP contribution is 2.27. The van der Waals surface area contributed by atoms with Gasteiger partial charge in [0, 0.05) is 35.1 Å². The van der Waals surface area contributed by atoms with E-state index < -0.39 is 0 Å². The van der Waals surface area contributed by atoms with Gasteiger partial charge in [-0.1, -0.05) is 24.3 Å². The maximum Gasteiger partial charge on any atom is 0.137 e. The van der Waals surface area contributed by atoms with Crippen LogP contribution in [0.15, 0.2) is 67.1 Å². The van der Waals surface area contributed by atoms with Gasteiger partial charge in [0.1, 0.15) is 11.4 Å². The van der Waals surface area contributed by atoms with Gasteiger partial charge in [0.15, 0.2) is 0 Å². The summed E-state index contributed by atoms with van der Waals surface area (Å²) in [6, 6.07) is 15.1. The number of rotatable bonds is 3. The van der Waals surface area contributed by atoms with Crippen molar-refractivity contribution in [3.05, 3.63) is 78.4 Å². The number of hydrogen-bond donors (Lipinski definition) is 2. The van der Waals surface area contributed by atoms with E-state index in [1.165, 1.54) is 0 Å². The molecule has 0 unspecified atom stereocenters. The van der Waals surface area contributed by atoms with Gasteiger partial charge >= 0.3 is 0 Å². The van der Waals surface area contributed by atoms with Crippen molar-refractivity contribution in [3.63, 3.8) is 0 Å². The van der Waals surface area contributed by atoms with Crippen LogP contribution < -0.4 is 0 Å². The summed E-state index contributed by atoms with van der Waals surface area (Å²) in [4.78, 5) is 12.0. The number of aromatic amines is 1. The Hall–Kier alpha value is -3.40. The third-order valence-corrected chi connectivity index (χ3v) is 3.86. The average molecular weight is 313 g/mol. The summed E-state index contributed by atoms with van der Waals surface area (Å²) in [5, 5.41) is 10.7. The fraction of sp³-hybridized carbons (Fsp3) is 0. The molecule has 0 atom stereocenters. The number of phenolic OH excluding ortho intramolecular Hbond substituents is 1. The average Bonchev–Trinajstić information content (AvgIpc) is 3.03. The number of hydrogen-bond acceptors (Lipinski definition) is 3. The molecule has 0 aliphatic rings. The SMILES string of the molecule is Oc1cccc(-c2cnc3[nH]cc(C=Cc4ccccn4)c3c2)c1. The summed E-state index contributed by atoms with van der Waals surface area (Å²) in [6.07, 6.45) is 9.51. The monoisotopic (exact) mass is 313 g/mol. The normalized spacial score (nSPS) is 11.3. The number of aromatic hydroxyl groups is 1. The molecule has 4 nitrogen and oxygen atoms in total. The molecule has 0 aliphatic heterocycles. The molecule has 0 spiro atoms. The molecule has 3 aromatic heterocycles. The highest BCUT2D eigenvalue weighted by molar-refractivity contribution is 5.91. The Balaban J connectivity index is 1.75. The maximum absolute atomic E-state index is 9.67. The second kappa shape index (κ2) is 6.01. The first-order valence-corrected chi connectivity index (χ1v) is 7.65. The fourth-order valence-electron chi connectivity index (χ4n) is 2.65. The first-order chi connectivity index (χ1) is 11.8. The molecule has 4 heteroatoms. The largest absolute Gasteiger partial charge is 0.508 e. The molecular formula is C20H15N3O. The van der Waals surface area contributed by atoms with E-state index in [0.717, 1.165) is 33.4 Å². The van der Waals surface area contributed by atoms with E-state index in [9.17, 15) is 5.11 Å². The number of fused-ring (bicyclic) bond motifs is 1. The van der Waals surface area contributed by atoms with E-state index in [0.29, 0.717) is 0 Å². The molecule has 0 radical (unpaired) electrons. The van der Waals surface area contributed by atoms with E-state index in [1.807, 2.05) is 48.7 Å². The Labute approximate surface area is 139 Å². The molecular weight excluding hydrogens is 298 g/mol. The number of benzene rings is 1. The van der Waals surface area contributed by atoms with Gasteiger partial charge in [0.05, 0.1) is 5.69 Å². The van der Waals surface area contributed by atoms with E-state index in [4.69, 9.17) is 0 Å². The minimum Gasteiger partial charge on any atom is -0.508 e. The third kappa shape index (κ3) is 2.77. The molecule has 3 heterocycles. The van der Waals surface area contributed by atoms with E-state index >= 15 is 0 Å². The zero-order chi connectivity index (χ0) is 16.4. The Morgan fingerprint density at radius 1 is 0.917 bits per heavy atom. The van der Waals surface area contributed by atoms with Gasteiger partial charge < -0.3 is 10.1 Å². The van der Waals surface area contributed by atoms with Crippen molar-refractivity contribution >= 4 is 23.2 Å². The predicted octanol–water partition coefficient (Wildman–Crippen LogP) is 4.50. The smallest absolute Gasteiger partial charge is 0.137 e. The fourth-order valence-corrected chi connectivity index (χ4v) is 2.65. The minimum atomic E-state index is 0.247. The lowest BCUT2D eigenvalue weighted by atomic mass is 10.1. The number of H-pyrrole nitrogens is 1. The molecule has 4 rings (SSSR count). The van der Waals surface area contributed by atoms with Crippen LogP contribution in [-0.4, -0.2) is 20.1 Å². The number of nitrogens with one attached hydrogen (secondary N) is 1. The van der Waals surface area contributed by atoms with Crippen LogP contribution in [0.3, 0.4) is 0 Å². The summed E-state index contributed by atoms with van der Waals surface area (Å²) in [7, 11) is 0. The third-order valence-electron chi connectivity index (χ3n) is 3.86. The van der Waals surface area contributed by atoms with Crippen molar-refractivity contribution < 1.29 is 5.11 Å². The van der Waals surface area contributed by atoms with Crippen LogP contribution in [0.2, 0.25) is 0 Å². The molecule has 0 aliphatic carbocycles. The van der Waals surface area contributed by atoms with Crippen LogP contribution >= 0.6 is 0 Å². The number of phenols is 1. The van der Waals surface area contributed by atoms with E-state index in [2.05, 4.69) is 21.0 Å². The lowest BCUT2D eigenvalue weighted by molar-refractivity contribution is 0.475. The van der Waals surface area contributed by atoms with Gasteiger partial charge in [-0.05, 0) is 42.0 Å². The lowest BCUT2D eigenvalue weighted by Crippen LogP contribution is -1.82. The first kappa shape index (κ1) is 14.2. The first-order valence-electron chi connectivity index (χ1n) is 7.65. The van der Waals surface area contributed by atoms with Crippen molar-refractivity contribution in [2.45, 2.75) is 0 Å². The van der Waals surface area contributed by atoms with Crippen molar-refractivity contribution in [2.75, 3.05) is 0 Å². The van der Waals surface area contributed by atoms with Crippen LogP contribution in [0.5, 0.6) is 5.75 Å². The maximum atomic E-state index is 9.67. The Kier molecular flexibility index (Phi) is 3.56. The standard InChI is InChI=1S/C20H15N3O/c24-18-6-3-4-14(10-18)16-11-19-15(12-22-20(19)23-13-16)7-8-17-5-1-2-9-21-17/h1-13,24H,(H,22,23). The highest BCUT2D eigenvalue weighted by atomic mass is 16.3. The van der Waals surface area contributed by atoms with Gasteiger partial charge in [-0.3, -0.25) is 4.98 Å². The Morgan fingerprint density at radius 3 is 2.71 bits per heavy atom. The van der Waals surface area contributed by atoms with Crippen LogP contribution in [0, 0.1) is 0 Å². The van der Waals surface area contributed by atoms with Crippen molar-refractivity contribution in [2.24, 2.45) is 0 Å². The molecule has 4 aromatic rings. The summed E-state index contributed by atoms with van der Waals surface area (Å²) in [5.74, 6) is 0.247. The van der Waals surface area contributed by atoms with Gasteiger partial charge in [-0.25, -0.2) is 4.98 Å². The Bertz CT molecular complexity index is 1020. The summed E-state index contributed by atoms with van der Waals surface area (Å²) >= 11 is 0. The topological polar surface area (TPSA) is 61.8 Å². The van der Waals surface area contributed by atoms with Crippen molar-refractivity contribution in [1.82, 2.24) is 15.0 Å². The summed E-state index contributed by atoms with van der Waals surface area (Å²) < 4.78 is 0. The second-order valence-corrected chi connectivity index (χ2v) is 5.50. The molecule has 24 heavy (non-hydrogen) atoms. The number of nitrogens with zero attached hydrogens (tertiary/aromatic N) is 2. The van der Waals surface area contributed by atoms with E-state index in [1.54, 1.807) is 24.5 Å². The van der Waals surface area contributed by atoms with Crippen LogP contribution in [0.1, 0.15) is 11.3 Å². The highest BCUT2D eigenvalue weighted by Gasteiger charge is 2.06. The molecule has 0 bridgehead atoms. The number of aromatic nitrogens is 3. The number of pyridine rings is 2. The summed E-state index contributed by atoms with van der Waals surface area (Å²) in [6.45, 7) is 0. The van der Waals surface area contributed by atoms with Gasteiger partial charge in [0.2, 0.25) is 0 Å². The van der Waals surface area contributed by atoms with Gasteiger partial charge in [-0.15, -0.1) is 0 Å². The van der Waals surface area contributed by atoms with Gasteiger partial charge in [-0.2, -0.15) is 0 Å².